The lowest BCUT2D eigenvalue weighted by Crippen LogP contribution is -2.47. The molecule has 0 aromatic heterocycles. The second kappa shape index (κ2) is 8.34. The number of halogens is 4. The Morgan fingerprint density at radius 1 is 1.13 bits per heavy atom. The average molecular weight is 457 g/mol. The van der Waals surface area contributed by atoms with Crippen LogP contribution in [0.1, 0.15) is 57.1 Å². The monoisotopic (exact) mass is 456 g/mol. The van der Waals surface area contributed by atoms with Gasteiger partial charge in [-0.05, 0) is 55.0 Å². The summed E-state index contributed by atoms with van der Waals surface area (Å²) < 4.78 is 40.0. The zero-order chi connectivity index (χ0) is 23.1. The van der Waals surface area contributed by atoms with E-state index in [-0.39, 0.29) is 33.2 Å². The topological polar surface area (TPSA) is 74.6 Å². The SMILES string of the molecule is CC1=C(C(=O)O)C(C)C(C(=O)O)(C2CCCCC2)C=C1c1cc(C(F)(F)F)ccc1Cl. The number of hydrogen-bond acceptors (Lipinski definition) is 2. The first kappa shape index (κ1) is 23.4. The number of aliphatic carboxylic acids is 2. The van der Waals surface area contributed by atoms with Crippen LogP contribution in [-0.2, 0) is 15.8 Å². The summed E-state index contributed by atoms with van der Waals surface area (Å²) in [5, 5.41) is 20.3. The van der Waals surface area contributed by atoms with Crippen LogP contribution in [0.25, 0.3) is 5.57 Å². The molecular weight excluding hydrogens is 433 g/mol. The van der Waals surface area contributed by atoms with Gasteiger partial charge in [0.25, 0.3) is 0 Å². The summed E-state index contributed by atoms with van der Waals surface area (Å²) in [6.45, 7) is 3.08. The van der Waals surface area contributed by atoms with Crippen LogP contribution in [0.2, 0.25) is 5.02 Å². The third kappa shape index (κ3) is 4.00. The van der Waals surface area contributed by atoms with Crippen molar-refractivity contribution < 1.29 is 33.0 Å². The Labute approximate surface area is 183 Å². The van der Waals surface area contributed by atoms with Crippen molar-refractivity contribution in [2.45, 2.75) is 52.1 Å². The molecule has 0 spiro atoms. The third-order valence-corrected chi connectivity index (χ3v) is 7.14. The lowest BCUT2D eigenvalue weighted by molar-refractivity contribution is -0.153. The van der Waals surface area contributed by atoms with Crippen molar-refractivity contribution in [3.63, 3.8) is 0 Å². The molecule has 4 nitrogen and oxygen atoms in total. The Morgan fingerprint density at radius 2 is 1.74 bits per heavy atom. The molecule has 31 heavy (non-hydrogen) atoms. The van der Waals surface area contributed by atoms with Gasteiger partial charge in [-0.15, -0.1) is 0 Å². The van der Waals surface area contributed by atoms with Crippen LogP contribution in [0.5, 0.6) is 0 Å². The molecular formula is C23H24ClF3O4. The van der Waals surface area contributed by atoms with Crippen LogP contribution in [-0.4, -0.2) is 22.2 Å². The molecule has 2 atom stereocenters. The van der Waals surface area contributed by atoms with Gasteiger partial charge in [-0.3, -0.25) is 4.79 Å². The summed E-state index contributed by atoms with van der Waals surface area (Å²) in [6, 6.07) is 2.82. The molecule has 0 amide bonds. The highest BCUT2D eigenvalue weighted by Crippen LogP contribution is 2.54. The molecule has 1 fully saturated rings. The molecule has 2 N–H and O–H groups in total. The second-order valence-electron chi connectivity index (χ2n) is 8.39. The normalized spacial score (nSPS) is 25.4. The number of carbonyl (C=O) groups is 2. The van der Waals surface area contributed by atoms with E-state index in [0.29, 0.717) is 12.8 Å². The van der Waals surface area contributed by atoms with Crippen molar-refractivity contribution in [3.05, 3.63) is 51.6 Å². The van der Waals surface area contributed by atoms with Gasteiger partial charge in [0, 0.05) is 22.1 Å². The Bertz CT molecular complexity index is 974. The summed E-state index contributed by atoms with van der Waals surface area (Å²) in [6.07, 6.45) is 0.695. The standard InChI is InChI=1S/C23H24ClF3O4/c1-12-17(16-10-15(23(25,26)27)8-9-18(16)24)11-22(21(30)31,13(2)19(12)20(28)29)14-6-4-3-5-7-14/h8-11,13-14H,3-7H2,1-2H3,(H,28,29)(H,30,31). The highest BCUT2D eigenvalue weighted by atomic mass is 35.5. The summed E-state index contributed by atoms with van der Waals surface area (Å²) in [5.41, 5.74) is -2.22. The lowest BCUT2D eigenvalue weighted by atomic mass is 9.57. The zero-order valence-corrected chi connectivity index (χ0v) is 18.0. The third-order valence-electron chi connectivity index (χ3n) is 6.81. The van der Waals surface area contributed by atoms with E-state index >= 15 is 0 Å². The maximum absolute atomic E-state index is 13.3. The summed E-state index contributed by atoms with van der Waals surface area (Å²) >= 11 is 6.24. The Morgan fingerprint density at radius 3 is 2.26 bits per heavy atom. The van der Waals surface area contributed by atoms with Gasteiger partial charge in [-0.1, -0.05) is 43.9 Å². The number of benzene rings is 1. The van der Waals surface area contributed by atoms with E-state index in [1.807, 2.05) is 0 Å². The van der Waals surface area contributed by atoms with Crippen molar-refractivity contribution >= 4 is 29.1 Å². The van der Waals surface area contributed by atoms with Gasteiger partial charge < -0.3 is 10.2 Å². The maximum atomic E-state index is 13.3. The molecule has 0 aliphatic heterocycles. The predicted octanol–water partition coefficient (Wildman–Crippen LogP) is 6.44. The number of rotatable bonds is 4. The number of carboxylic acids is 2. The summed E-state index contributed by atoms with van der Waals surface area (Å²) in [5.74, 6) is -3.62. The molecule has 1 aromatic carbocycles. The van der Waals surface area contributed by atoms with Crippen LogP contribution in [0.15, 0.2) is 35.4 Å². The number of hydrogen-bond donors (Lipinski definition) is 2. The predicted molar refractivity (Wildman–Crippen MR) is 111 cm³/mol. The van der Waals surface area contributed by atoms with Crippen molar-refractivity contribution in [2.75, 3.05) is 0 Å². The fraction of sp³-hybridized carbons (Fsp3) is 0.478. The van der Waals surface area contributed by atoms with Crippen LogP contribution in [0, 0.1) is 17.3 Å². The molecule has 0 radical (unpaired) electrons. The minimum atomic E-state index is -4.62. The number of alkyl halides is 3. The quantitative estimate of drug-likeness (QED) is 0.546. The van der Waals surface area contributed by atoms with Crippen LogP contribution in [0.3, 0.4) is 0 Å². The molecule has 0 saturated heterocycles. The van der Waals surface area contributed by atoms with E-state index in [2.05, 4.69) is 0 Å². The molecule has 3 rings (SSSR count). The Hall–Kier alpha value is -2.28. The minimum Gasteiger partial charge on any atom is -0.481 e. The van der Waals surface area contributed by atoms with Gasteiger partial charge in [0.2, 0.25) is 0 Å². The molecule has 1 saturated carbocycles. The van der Waals surface area contributed by atoms with Gasteiger partial charge in [0.05, 0.1) is 11.0 Å². The lowest BCUT2D eigenvalue weighted by Gasteiger charge is -2.45. The van der Waals surface area contributed by atoms with E-state index in [4.69, 9.17) is 11.6 Å². The first-order chi connectivity index (χ1) is 14.4. The van der Waals surface area contributed by atoms with Crippen molar-refractivity contribution in [2.24, 2.45) is 17.3 Å². The fourth-order valence-corrected chi connectivity index (χ4v) is 5.41. The van der Waals surface area contributed by atoms with Crippen molar-refractivity contribution in [1.29, 1.82) is 0 Å². The minimum absolute atomic E-state index is 0.000764. The Balaban J connectivity index is 2.32. The van der Waals surface area contributed by atoms with Crippen LogP contribution in [0.4, 0.5) is 13.2 Å². The van der Waals surface area contributed by atoms with Gasteiger partial charge in [0.15, 0.2) is 0 Å². The van der Waals surface area contributed by atoms with Gasteiger partial charge in [-0.25, -0.2) is 4.79 Å². The van der Waals surface area contributed by atoms with Crippen molar-refractivity contribution in [3.8, 4) is 0 Å². The second-order valence-corrected chi connectivity index (χ2v) is 8.80. The fourth-order valence-electron chi connectivity index (χ4n) is 5.19. The highest BCUT2D eigenvalue weighted by Gasteiger charge is 2.53. The van der Waals surface area contributed by atoms with Gasteiger partial charge in [0.1, 0.15) is 0 Å². The van der Waals surface area contributed by atoms with E-state index in [1.54, 1.807) is 6.92 Å². The molecule has 0 heterocycles. The average Bonchev–Trinajstić information content (AvgIpc) is 2.68. The molecule has 2 aliphatic rings. The van der Waals surface area contributed by atoms with Crippen LogP contribution >= 0.6 is 11.6 Å². The van der Waals surface area contributed by atoms with E-state index in [0.717, 1.165) is 37.5 Å². The zero-order valence-electron chi connectivity index (χ0n) is 17.2. The van der Waals surface area contributed by atoms with Crippen molar-refractivity contribution in [1.82, 2.24) is 0 Å². The van der Waals surface area contributed by atoms with E-state index in [9.17, 15) is 33.0 Å². The molecule has 8 heteroatoms. The summed E-state index contributed by atoms with van der Waals surface area (Å²) in [7, 11) is 0. The smallest absolute Gasteiger partial charge is 0.416 e. The maximum Gasteiger partial charge on any atom is 0.416 e. The largest absolute Gasteiger partial charge is 0.481 e. The highest BCUT2D eigenvalue weighted by molar-refractivity contribution is 6.32. The Kier molecular flexibility index (Phi) is 6.29. The van der Waals surface area contributed by atoms with Gasteiger partial charge >= 0.3 is 18.1 Å². The number of carboxylic acid groups (broad SMARTS) is 2. The molecule has 168 valence electrons. The molecule has 0 bridgehead atoms. The van der Waals surface area contributed by atoms with Crippen LogP contribution < -0.4 is 0 Å². The van der Waals surface area contributed by atoms with Gasteiger partial charge in [-0.2, -0.15) is 13.2 Å². The molecule has 2 aliphatic carbocycles. The van der Waals surface area contributed by atoms with E-state index < -0.39 is 35.0 Å². The first-order valence-electron chi connectivity index (χ1n) is 10.2. The summed E-state index contributed by atoms with van der Waals surface area (Å²) in [4.78, 5) is 24.8. The van der Waals surface area contributed by atoms with E-state index in [1.165, 1.54) is 13.0 Å². The first-order valence-corrected chi connectivity index (χ1v) is 10.6. The number of allylic oxidation sites excluding steroid dienone is 2. The molecule has 1 aromatic rings. The molecule has 2 unspecified atom stereocenters.